The van der Waals surface area contributed by atoms with Crippen LogP contribution in [0.15, 0.2) is 0 Å². The molecule has 0 heterocycles. The highest BCUT2D eigenvalue weighted by molar-refractivity contribution is 7.80. The Hall–Kier alpha value is -2.60. The smallest absolute Gasteiger partial charge is 0.407 e. The van der Waals surface area contributed by atoms with Gasteiger partial charge in [-0.05, 0) is 59.3 Å². The largest absolute Gasteiger partial charge is 0.481 e. The predicted octanol–water partition coefficient (Wildman–Crippen LogP) is 3.41. The Morgan fingerprint density at radius 2 is 1.68 bits per heavy atom. The number of nitrogens with two attached hydrogens (primary N) is 1. The number of nitrogens with one attached hydrogen (secondary N) is 3. The van der Waals surface area contributed by atoms with Crippen molar-refractivity contribution in [1.29, 1.82) is 0 Å². The molecule has 0 saturated heterocycles. The minimum Gasteiger partial charge on any atom is -0.481 e. The predicted molar refractivity (Wildman–Crippen MR) is 160 cm³/mol. The van der Waals surface area contributed by atoms with Gasteiger partial charge in [0.05, 0.1) is 16.9 Å². The second kappa shape index (κ2) is 17.4. The number of carbonyl (C=O) groups excluding carboxylic acids is 4. The fourth-order valence-electron chi connectivity index (χ4n) is 4.68. The van der Waals surface area contributed by atoms with Gasteiger partial charge in [0.15, 0.2) is 17.1 Å². The number of hydrogen-bond acceptors (Lipinski definition) is 8. The lowest BCUT2D eigenvalue weighted by Crippen LogP contribution is -2.63. The lowest BCUT2D eigenvalue weighted by atomic mass is 9.80. The summed E-state index contributed by atoms with van der Waals surface area (Å²) < 4.78 is 5.23. The van der Waals surface area contributed by atoms with E-state index in [1.165, 1.54) is 0 Å². The van der Waals surface area contributed by atoms with Crippen LogP contribution in [-0.4, -0.2) is 69.9 Å². The molecule has 3 atom stereocenters. The van der Waals surface area contributed by atoms with Gasteiger partial charge in [-0.25, -0.2) is 4.79 Å². The van der Waals surface area contributed by atoms with Crippen LogP contribution in [-0.2, 0) is 23.9 Å². The first-order valence-electron chi connectivity index (χ1n) is 14.7. The monoisotopic (exact) mass is 598 g/mol. The number of alkyl carbamates (subject to hydrolysis) is 1. The molecule has 11 nitrogen and oxygen atoms in total. The quantitative estimate of drug-likeness (QED) is 0.0892. The average molecular weight is 599 g/mol. The van der Waals surface area contributed by atoms with Crippen LogP contribution in [0.2, 0.25) is 0 Å². The van der Waals surface area contributed by atoms with Crippen LogP contribution < -0.4 is 21.7 Å². The molecule has 1 rings (SSSR count). The Bertz CT molecular complexity index is 931. The van der Waals surface area contributed by atoms with Crippen molar-refractivity contribution in [2.24, 2.45) is 17.6 Å². The maximum absolute atomic E-state index is 13.6. The van der Waals surface area contributed by atoms with E-state index in [0.29, 0.717) is 50.1 Å². The summed E-state index contributed by atoms with van der Waals surface area (Å²) in [6.07, 6.45) is 4.93. The first-order valence-corrected chi connectivity index (χ1v) is 15.1. The Labute approximate surface area is 249 Å². The normalized spacial score (nSPS) is 16.6. The Morgan fingerprint density at radius 3 is 2.24 bits per heavy atom. The number of unbranched alkanes of at least 4 members (excludes halogenated alkanes) is 1. The maximum Gasteiger partial charge on any atom is 0.407 e. The SMILES string of the molecule is CCC[C@H](NC(=O)[C@@](N)(CCCCNC(=O)OC(C)(C)C)C(=O)C1CCCC1)C(=O)CCC(=S)NCC(C)C(=O)O. The van der Waals surface area contributed by atoms with Crippen molar-refractivity contribution >= 4 is 46.7 Å². The molecular formula is C29H50N4O7S. The molecule has 0 aromatic heterocycles. The van der Waals surface area contributed by atoms with Gasteiger partial charge in [0, 0.05) is 31.8 Å². The minimum absolute atomic E-state index is 0.0582. The molecule has 1 saturated carbocycles. The van der Waals surface area contributed by atoms with Crippen molar-refractivity contribution in [3.63, 3.8) is 0 Å². The van der Waals surface area contributed by atoms with Crippen LogP contribution in [0, 0.1) is 11.8 Å². The van der Waals surface area contributed by atoms with Gasteiger partial charge in [0.1, 0.15) is 5.60 Å². The van der Waals surface area contributed by atoms with E-state index in [4.69, 9.17) is 27.8 Å². The summed E-state index contributed by atoms with van der Waals surface area (Å²) in [5.41, 5.74) is 4.19. The number of hydrogen-bond donors (Lipinski definition) is 5. The Balaban J connectivity index is 2.82. The van der Waals surface area contributed by atoms with Gasteiger partial charge in [-0.1, -0.05) is 45.3 Å². The first kappa shape index (κ1) is 36.4. The lowest BCUT2D eigenvalue weighted by Gasteiger charge is -2.31. The molecule has 1 fully saturated rings. The number of rotatable bonds is 18. The van der Waals surface area contributed by atoms with Crippen molar-refractivity contribution < 1.29 is 33.8 Å². The zero-order valence-corrected chi connectivity index (χ0v) is 26.1. The molecule has 6 N–H and O–H groups in total. The molecular weight excluding hydrogens is 548 g/mol. The summed E-state index contributed by atoms with van der Waals surface area (Å²) in [6, 6.07) is -0.818. The van der Waals surface area contributed by atoms with E-state index < -0.39 is 41.1 Å². The van der Waals surface area contributed by atoms with Gasteiger partial charge in [0.25, 0.3) is 0 Å². The number of aliphatic carboxylic acids is 1. The molecule has 234 valence electrons. The third-order valence-corrected chi connectivity index (χ3v) is 7.48. The number of ether oxygens (including phenoxy) is 1. The molecule has 0 spiro atoms. The molecule has 41 heavy (non-hydrogen) atoms. The second-order valence-electron chi connectivity index (χ2n) is 12.0. The van der Waals surface area contributed by atoms with E-state index >= 15 is 0 Å². The molecule has 0 aromatic rings. The third-order valence-electron chi connectivity index (χ3n) is 7.13. The van der Waals surface area contributed by atoms with Crippen LogP contribution in [0.3, 0.4) is 0 Å². The molecule has 0 aliphatic heterocycles. The van der Waals surface area contributed by atoms with Gasteiger partial charge in [-0.3, -0.25) is 19.2 Å². The van der Waals surface area contributed by atoms with Crippen molar-refractivity contribution in [2.45, 2.75) is 122 Å². The fraction of sp³-hybridized carbons (Fsp3) is 0.793. The Morgan fingerprint density at radius 1 is 1.05 bits per heavy atom. The lowest BCUT2D eigenvalue weighted by molar-refractivity contribution is -0.141. The van der Waals surface area contributed by atoms with Gasteiger partial charge >= 0.3 is 12.1 Å². The van der Waals surface area contributed by atoms with Gasteiger partial charge in [-0.15, -0.1) is 0 Å². The van der Waals surface area contributed by atoms with E-state index in [9.17, 15) is 24.0 Å². The van der Waals surface area contributed by atoms with Crippen LogP contribution in [0.1, 0.15) is 105 Å². The number of carbonyl (C=O) groups is 5. The van der Waals surface area contributed by atoms with Crippen LogP contribution in [0.5, 0.6) is 0 Å². The number of carboxylic acids is 1. The second-order valence-corrected chi connectivity index (χ2v) is 12.5. The summed E-state index contributed by atoms with van der Waals surface area (Å²) in [4.78, 5) is 63.4. The van der Waals surface area contributed by atoms with Gasteiger partial charge in [0.2, 0.25) is 5.91 Å². The number of carboxylic acid groups (broad SMARTS) is 1. The number of amides is 2. The number of Topliss-reactive ketones (excluding diaryl/α,β-unsaturated/α-hetero) is 2. The average Bonchev–Trinajstić information content (AvgIpc) is 3.43. The minimum atomic E-state index is -1.78. The number of ketones is 2. The molecule has 1 aliphatic carbocycles. The van der Waals surface area contributed by atoms with Crippen LogP contribution in [0.25, 0.3) is 0 Å². The van der Waals surface area contributed by atoms with E-state index in [2.05, 4.69) is 16.0 Å². The van der Waals surface area contributed by atoms with E-state index in [1.54, 1.807) is 27.7 Å². The summed E-state index contributed by atoms with van der Waals surface area (Å²) in [5.74, 6) is -3.04. The molecule has 12 heteroatoms. The summed E-state index contributed by atoms with van der Waals surface area (Å²) in [5, 5.41) is 17.3. The maximum atomic E-state index is 13.6. The first-order chi connectivity index (χ1) is 19.1. The highest BCUT2D eigenvalue weighted by Crippen LogP contribution is 2.30. The summed E-state index contributed by atoms with van der Waals surface area (Å²) >= 11 is 5.24. The molecule has 2 amide bonds. The third kappa shape index (κ3) is 13.3. The van der Waals surface area contributed by atoms with E-state index in [-0.39, 0.29) is 43.3 Å². The zero-order chi connectivity index (χ0) is 31.2. The topological polar surface area (TPSA) is 177 Å². The molecule has 0 radical (unpaired) electrons. The van der Waals surface area contributed by atoms with Crippen molar-refractivity contribution in [3.8, 4) is 0 Å². The number of thiocarbonyl (C=S) groups is 1. The summed E-state index contributed by atoms with van der Waals surface area (Å²) in [7, 11) is 0. The van der Waals surface area contributed by atoms with E-state index in [0.717, 1.165) is 12.8 Å². The van der Waals surface area contributed by atoms with Crippen LogP contribution >= 0.6 is 12.2 Å². The molecule has 1 unspecified atom stereocenters. The zero-order valence-electron chi connectivity index (χ0n) is 25.3. The molecule has 1 aliphatic rings. The van der Waals surface area contributed by atoms with Crippen molar-refractivity contribution in [3.05, 3.63) is 0 Å². The van der Waals surface area contributed by atoms with Gasteiger partial charge in [-0.2, -0.15) is 0 Å². The standard InChI is InChI=1S/C29H50N4O7S/c1-6-11-21(22(34)14-15-23(41)32-18-19(2)25(36)37)33-26(38)29(30,24(35)20-12-7-8-13-20)16-9-10-17-31-27(39)40-28(3,4)5/h19-21H,6-18,30H2,1-5H3,(H,31,39)(H,32,41)(H,33,38)(H,36,37)/t19?,21-,29+/m0/s1. The summed E-state index contributed by atoms with van der Waals surface area (Å²) in [6.45, 7) is 9.22. The highest BCUT2D eigenvalue weighted by atomic mass is 32.1. The van der Waals surface area contributed by atoms with Crippen molar-refractivity contribution in [1.82, 2.24) is 16.0 Å². The highest BCUT2D eigenvalue weighted by Gasteiger charge is 2.45. The molecule has 0 bridgehead atoms. The van der Waals surface area contributed by atoms with Crippen molar-refractivity contribution in [2.75, 3.05) is 13.1 Å². The van der Waals surface area contributed by atoms with Gasteiger partial charge < -0.3 is 31.5 Å². The Kier molecular flexibility index (Phi) is 15.4. The van der Waals surface area contributed by atoms with E-state index in [1.807, 2.05) is 6.92 Å². The van der Waals surface area contributed by atoms with Crippen LogP contribution in [0.4, 0.5) is 4.79 Å². The molecule has 0 aromatic carbocycles. The fourth-order valence-corrected chi connectivity index (χ4v) is 4.86.